The van der Waals surface area contributed by atoms with Crippen LogP contribution in [0.15, 0.2) is 28.8 Å². The molecule has 164 valence electrons. The molecular weight excluding hydrogens is 423 g/mol. The summed E-state index contributed by atoms with van der Waals surface area (Å²) in [4.78, 5) is 14.3. The summed E-state index contributed by atoms with van der Waals surface area (Å²) in [6.07, 6.45) is -3.26. The zero-order chi connectivity index (χ0) is 22.1. The molecular formula is C20H23ClF3N3O3. The van der Waals surface area contributed by atoms with Crippen molar-refractivity contribution in [3.05, 3.63) is 46.1 Å². The molecule has 1 aliphatic heterocycles. The third kappa shape index (κ3) is 5.46. The Morgan fingerprint density at radius 2 is 1.97 bits per heavy atom. The molecule has 0 unspecified atom stereocenters. The Bertz CT molecular complexity index is 901. The first kappa shape index (κ1) is 22.4. The molecule has 6 nitrogen and oxygen atoms in total. The first-order valence-corrected chi connectivity index (χ1v) is 9.91. The molecule has 1 aromatic heterocycles. The van der Waals surface area contributed by atoms with E-state index in [0.29, 0.717) is 38.4 Å². The molecule has 2 aromatic rings. The maximum atomic E-state index is 12.8. The van der Waals surface area contributed by atoms with Crippen LogP contribution in [-0.4, -0.2) is 46.3 Å². The molecule has 0 saturated carbocycles. The van der Waals surface area contributed by atoms with Gasteiger partial charge in [0.05, 0.1) is 21.9 Å². The van der Waals surface area contributed by atoms with Crippen molar-refractivity contribution < 1.29 is 27.6 Å². The fourth-order valence-corrected chi connectivity index (χ4v) is 3.59. The van der Waals surface area contributed by atoms with Crippen LogP contribution in [0, 0.1) is 0 Å². The highest BCUT2D eigenvalue weighted by molar-refractivity contribution is 6.31. The molecule has 1 saturated heterocycles. The summed E-state index contributed by atoms with van der Waals surface area (Å²) in [5, 5.41) is 16.3. The number of carbonyl (C=O) groups is 1. The van der Waals surface area contributed by atoms with Gasteiger partial charge in [0.25, 0.3) is 5.91 Å². The lowest BCUT2D eigenvalue weighted by Crippen LogP contribution is -2.38. The third-order valence-corrected chi connectivity index (χ3v) is 5.26. The van der Waals surface area contributed by atoms with Crippen LogP contribution >= 0.6 is 11.6 Å². The third-order valence-electron chi connectivity index (χ3n) is 4.95. The molecule has 2 heterocycles. The average molecular weight is 446 g/mol. The maximum absolute atomic E-state index is 12.8. The molecule has 1 aromatic carbocycles. The predicted molar refractivity (Wildman–Crippen MR) is 106 cm³/mol. The van der Waals surface area contributed by atoms with E-state index in [2.05, 4.69) is 10.5 Å². The first-order chi connectivity index (χ1) is 13.9. The highest BCUT2D eigenvalue weighted by atomic mass is 35.5. The first-order valence-electron chi connectivity index (χ1n) is 9.53. The van der Waals surface area contributed by atoms with Gasteiger partial charge in [0.2, 0.25) is 5.88 Å². The normalized spacial score (nSPS) is 16.0. The lowest BCUT2D eigenvalue weighted by Gasteiger charge is -2.31. The Morgan fingerprint density at radius 3 is 2.53 bits per heavy atom. The van der Waals surface area contributed by atoms with E-state index < -0.39 is 22.4 Å². The van der Waals surface area contributed by atoms with E-state index >= 15 is 0 Å². The zero-order valence-electron chi connectivity index (χ0n) is 16.6. The Morgan fingerprint density at radius 1 is 1.30 bits per heavy atom. The maximum Gasteiger partial charge on any atom is 0.417 e. The van der Waals surface area contributed by atoms with Gasteiger partial charge in [0, 0.05) is 37.2 Å². The number of piperidine rings is 1. The summed E-state index contributed by atoms with van der Waals surface area (Å²) < 4.78 is 43.8. The topological polar surface area (TPSA) is 78.6 Å². The number of rotatable bonds is 5. The monoisotopic (exact) mass is 445 g/mol. The van der Waals surface area contributed by atoms with Crippen LogP contribution in [0.5, 0.6) is 0 Å². The minimum Gasteiger partial charge on any atom is -0.389 e. The van der Waals surface area contributed by atoms with Crippen LogP contribution in [0.3, 0.4) is 0 Å². The summed E-state index contributed by atoms with van der Waals surface area (Å²) in [5.74, 6) is 0.216. The minimum atomic E-state index is -4.56. The Kier molecular flexibility index (Phi) is 6.33. The Labute approximate surface area is 177 Å². The largest absolute Gasteiger partial charge is 0.417 e. The minimum absolute atomic E-state index is 0.103. The number of aromatic nitrogens is 1. The molecule has 0 bridgehead atoms. The second-order valence-corrected chi connectivity index (χ2v) is 8.45. The molecule has 0 radical (unpaired) electrons. The second-order valence-electron chi connectivity index (χ2n) is 8.04. The zero-order valence-corrected chi connectivity index (χ0v) is 17.3. The van der Waals surface area contributed by atoms with Crippen molar-refractivity contribution in [2.24, 2.45) is 0 Å². The number of aliphatic hydroxyl groups is 1. The van der Waals surface area contributed by atoms with Crippen molar-refractivity contribution in [3.63, 3.8) is 0 Å². The number of hydrogen-bond acceptors (Lipinski definition) is 5. The molecule has 0 atom stereocenters. The molecule has 3 rings (SSSR count). The van der Waals surface area contributed by atoms with E-state index in [-0.39, 0.29) is 17.4 Å². The van der Waals surface area contributed by atoms with Crippen LogP contribution in [-0.2, 0) is 6.18 Å². The van der Waals surface area contributed by atoms with Crippen molar-refractivity contribution in [1.82, 2.24) is 10.1 Å². The SMILES string of the molecule is CC(C)(O)CNc1cc(C2CCN(C(=O)c3ccc(C(F)(F)F)c(Cl)c3)CC2)no1. The van der Waals surface area contributed by atoms with E-state index in [1.807, 2.05) is 0 Å². The lowest BCUT2D eigenvalue weighted by molar-refractivity contribution is -0.137. The second kappa shape index (κ2) is 8.47. The molecule has 0 aliphatic carbocycles. The van der Waals surface area contributed by atoms with Gasteiger partial charge >= 0.3 is 6.18 Å². The fraction of sp³-hybridized carbons (Fsp3) is 0.500. The molecule has 30 heavy (non-hydrogen) atoms. The van der Waals surface area contributed by atoms with Gasteiger partial charge in [-0.25, -0.2) is 0 Å². The number of hydrogen-bond donors (Lipinski definition) is 2. The predicted octanol–water partition coefficient (Wildman–Crippen LogP) is 4.55. The van der Waals surface area contributed by atoms with Crippen LogP contribution in [0.2, 0.25) is 5.02 Å². The van der Waals surface area contributed by atoms with Crippen LogP contribution < -0.4 is 5.32 Å². The summed E-state index contributed by atoms with van der Waals surface area (Å²) in [5.41, 5.74) is -0.955. The van der Waals surface area contributed by atoms with Gasteiger partial charge < -0.3 is 19.8 Å². The Hall–Kier alpha value is -2.26. The molecule has 1 amide bonds. The van der Waals surface area contributed by atoms with Gasteiger partial charge in [-0.15, -0.1) is 0 Å². The van der Waals surface area contributed by atoms with Crippen molar-refractivity contribution in [2.75, 3.05) is 25.0 Å². The van der Waals surface area contributed by atoms with E-state index in [1.165, 1.54) is 0 Å². The smallest absolute Gasteiger partial charge is 0.389 e. The van der Waals surface area contributed by atoms with Crippen LogP contribution in [0.25, 0.3) is 0 Å². The average Bonchev–Trinajstić information content (AvgIpc) is 3.13. The van der Waals surface area contributed by atoms with Crippen molar-refractivity contribution >= 4 is 23.4 Å². The molecule has 1 fully saturated rings. The van der Waals surface area contributed by atoms with Crippen molar-refractivity contribution in [2.45, 2.75) is 44.4 Å². The number of likely N-dealkylation sites (tertiary alicyclic amines) is 1. The van der Waals surface area contributed by atoms with E-state index in [4.69, 9.17) is 16.1 Å². The molecule has 2 N–H and O–H groups in total. The summed E-state index contributed by atoms with van der Waals surface area (Å²) in [7, 11) is 0. The number of halogens is 4. The van der Waals surface area contributed by atoms with Gasteiger partial charge in [0.1, 0.15) is 0 Å². The van der Waals surface area contributed by atoms with Gasteiger partial charge in [-0.05, 0) is 44.9 Å². The van der Waals surface area contributed by atoms with Gasteiger partial charge in [-0.2, -0.15) is 13.2 Å². The number of nitrogens with zero attached hydrogens (tertiary/aromatic N) is 2. The van der Waals surface area contributed by atoms with Gasteiger partial charge in [-0.1, -0.05) is 16.8 Å². The number of benzene rings is 1. The number of alkyl halides is 3. The Balaban J connectivity index is 1.58. The number of anilines is 1. The van der Waals surface area contributed by atoms with E-state index in [9.17, 15) is 23.1 Å². The number of carbonyl (C=O) groups excluding carboxylic acids is 1. The highest BCUT2D eigenvalue weighted by Crippen LogP contribution is 2.35. The standard InChI is InChI=1S/C20H23ClF3N3O3/c1-19(2,29)11-25-17-10-16(26-30-17)12-5-7-27(8-6-12)18(28)13-3-4-14(15(21)9-13)20(22,23)24/h3-4,9-10,12,25,29H,5-8,11H2,1-2H3. The van der Waals surface area contributed by atoms with E-state index in [0.717, 1.165) is 23.9 Å². The summed E-state index contributed by atoms with van der Waals surface area (Å²) >= 11 is 5.73. The summed E-state index contributed by atoms with van der Waals surface area (Å²) in [6, 6.07) is 4.84. The van der Waals surface area contributed by atoms with E-state index in [1.54, 1.807) is 24.8 Å². The quantitative estimate of drug-likeness (QED) is 0.706. The lowest BCUT2D eigenvalue weighted by atomic mass is 9.93. The van der Waals surface area contributed by atoms with Crippen LogP contribution in [0.4, 0.5) is 19.1 Å². The number of amides is 1. The molecule has 1 aliphatic rings. The number of nitrogens with one attached hydrogen (secondary N) is 1. The van der Waals surface area contributed by atoms with Crippen LogP contribution in [0.1, 0.15) is 54.2 Å². The fourth-order valence-electron chi connectivity index (χ4n) is 3.31. The highest BCUT2D eigenvalue weighted by Gasteiger charge is 2.34. The summed E-state index contributed by atoms with van der Waals surface area (Å²) in [6.45, 7) is 4.55. The van der Waals surface area contributed by atoms with Crippen molar-refractivity contribution in [3.8, 4) is 0 Å². The molecule has 10 heteroatoms. The van der Waals surface area contributed by atoms with Gasteiger partial charge in [0.15, 0.2) is 0 Å². The molecule has 0 spiro atoms. The van der Waals surface area contributed by atoms with Gasteiger partial charge in [-0.3, -0.25) is 4.79 Å². The van der Waals surface area contributed by atoms with Crippen molar-refractivity contribution in [1.29, 1.82) is 0 Å².